The highest BCUT2D eigenvalue weighted by Crippen LogP contribution is 2.27. The van der Waals surface area contributed by atoms with E-state index < -0.39 is 10.7 Å². The quantitative estimate of drug-likeness (QED) is 0.665. The fourth-order valence-corrected chi connectivity index (χ4v) is 2.61. The van der Waals surface area contributed by atoms with Crippen molar-refractivity contribution in [2.75, 3.05) is 25.0 Å². The summed E-state index contributed by atoms with van der Waals surface area (Å²) in [5.41, 5.74) is 0.214. The molecule has 0 atom stereocenters. The van der Waals surface area contributed by atoms with Gasteiger partial charge >= 0.3 is 0 Å². The maximum Gasteiger partial charge on any atom is 0.295 e. The second-order valence-electron chi connectivity index (χ2n) is 5.18. The first-order valence-corrected chi connectivity index (χ1v) is 7.03. The van der Waals surface area contributed by atoms with E-state index in [0.29, 0.717) is 5.69 Å². The molecule has 110 valence electrons. The van der Waals surface area contributed by atoms with Gasteiger partial charge in [-0.1, -0.05) is 6.92 Å². The van der Waals surface area contributed by atoms with Gasteiger partial charge in [0.2, 0.25) is 0 Å². The fraction of sp³-hybridized carbons (Fsp3) is 0.571. The predicted octanol–water partition coefficient (Wildman–Crippen LogP) is 3.02. The van der Waals surface area contributed by atoms with E-state index in [1.807, 2.05) is 0 Å². The Labute approximate surface area is 117 Å². The van der Waals surface area contributed by atoms with Crippen molar-refractivity contribution in [3.63, 3.8) is 0 Å². The third-order valence-corrected chi connectivity index (χ3v) is 3.64. The third-order valence-electron chi connectivity index (χ3n) is 3.64. The summed E-state index contributed by atoms with van der Waals surface area (Å²) in [6, 6.07) is 3.88. The highest BCUT2D eigenvalue weighted by Gasteiger charge is 2.22. The molecule has 0 saturated carbocycles. The minimum Gasteiger partial charge on any atom is -0.377 e. The maximum absolute atomic E-state index is 13.1. The van der Waals surface area contributed by atoms with Crippen LogP contribution < -0.4 is 5.32 Å². The van der Waals surface area contributed by atoms with Crippen LogP contribution in [0.25, 0.3) is 0 Å². The van der Waals surface area contributed by atoms with E-state index in [4.69, 9.17) is 0 Å². The monoisotopic (exact) mass is 281 g/mol. The number of nitro benzene ring substituents is 1. The molecule has 0 aliphatic carbocycles. The van der Waals surface area contributed by atoms with E-state index in [-0.39, 0.29) is 11.7 Å². The van der Waals surface area contributed by atoms with Crippen molar-refractivity contribution in [2.24, 2.45) is 0 Å². The first-order valence-electron chi connectivity index (χ1n) is 7.03. The highest BCUT2D eigenvalue weighted by molar-refractivity contribution is 5.61. The molecule has 1 aliphatic rings. The Hall–Kier alpha value is -1.69. The van der Waals surface area contributed by atoms with Crippen molar-refractivity contribution < 1.29 is 9.31 Å². The Morgan fingerprint density at radius 2 is 2.15 bits per heavy atom. The fourth-order valence-electron chi connectivity index (χ4n) is 2.61. The lowest BCUT2D eigenvalue weighted by Crippen LogP contribution is -2.39. The van der Waals surface area contributed by atoms with Crippen molar-refractivity contribution in [1.82, 2.24) is 4.90 Å². The summed E-state index contributed by atoms with van der Waals surface area (Å²) in [5, 5.41) is 14.1. The Kier molecular flexibility index (Phi) is 4.89. The van der Waals surface area contributed by atoms with Crippen molar-refractivity contribution in [3.05, 3.63) is 34.1 Å². The smallest absolute Gasteiger partial charge is 0.295 e. The second-order valence-corrected chi connectivity index (χ2v) is 5.18. The molecule has 0 bridgehead atoms. The van der Waals surface area contributed by atoms with Gasteiger partial charge < -0.3 is 10.2 Å². The molecule has 1 aliphatic heterocycles. The SMILES string of the molecule is CCCN1CCC(Nc2ccc(F)cc2[N+](=O)[O-])CC1. The topological polar surface area (TPSA) is 58.4 Å². The summed E-state index contributed by atoms with van der Waals surface area (Å²) in [6.45, 7) is 5.26. The second kappa shape index (κ2) is 6.65. The largest absolute Gasteiger partial charge is 0.377 e. The van der Waals surface area contributed by atoms with Crippen LogP contribution in [-0.4, -0.2) is 35.5 Å². The standard InChI is InChI=1S/C14H20FN3O2/c1-2-7-17-8-5-12(6-9-17)16-13-4-3-11(15)10-14(13)18(19)20/h3-4,10,12,16H,2,5-9H2,1H3. The molecule has 2 rings (SSSR count). The lowest BCUT2D eigenvalue weighted by atomic mass is 10.0. The van der Waals surface area contributed by atoms with Crippen LogP contribution in [0.15, 0.2) is 18.2 Å². The molecule has 1 saturated heterocycles. The highest BCUT2D eigenvalue weighted by atomic mass is 19.1. The van der Waals surface area contributed by atoms with Crippen molar-refractivity contribution >= 4 is 11.4 Å². The van der Waals surface area contributed by atoms with Gasteiger partial charge in [-0.2, -0.15) is 0 Å². The Bertz CT molecular complexity index is 473. The van der Waals surface area contributed by atoms with Crippen LogP contribution in [0.2, 0.25) is 0 Å². The number of hydrogen-bond acceptors (Lipinski definition) is 4. The van der Waals surface area contributed by atoms with Crippen LogP contribution in [0.1, 0.15) is 26.2 Å². The summed E-state index contributed by atoms with van der Waals surface area (Å²) in [7, 11) is 0. The van der Waals surface area contributed by atoms with E-state index >= 15 is 0 Å². The number of nitrogens with zero attached hydrogens (tertiary/aromatic N) is 2. The van der Waals surface area contributed by atoms with E-state index in [1.165, 1.54) is 12.1 Å². The van der Waals surface area contributed by atoms with E-state index in [9.17, 15) is 14.5 Å². The first kappa shape index (κ1) is 14.7. The van der Waals surface area contributed by atoms with E-state index in [0.717, 1.165) is 45.0 Å². The van der Waals surface area contributed by atoms with Gasteiger partial charge in [0.05, 0.1) is 11.0 Å². The van der Waals surface area contributed by atoms with Crippen LogP contribution in [0.5, 0.6) is 0 Å². The summed E-state index contributed by atoms with van der Waals surface area (Å²) < 4.78 is 13.1. The van der Waals surface area contributed by atoms with Gasteiger partial charge in [0, 0.05) is 19.1 Å². The average molecular weight is 281 g/mol. The lowest BCUT2D eigenvalue weighted by Gasteiger charge is -2.32. The molecule has 0 amide bonds. The zero-order valence-corrected chi connectivity index (χ0v) is 11.6. The van der Waals surface area contributed by atoms with Crippen LogP contribution in [0, 0.1) is 15.9 Å². The maximum atomic E-state index is 13.1. The summed E-state index contributed by atoms with van der Waals surface area (Å²) in [5.74, 6) is -0.583. The first-order chi connectivity index (χ1) is 9.60. The van der Waals surface area contributed by atoms with Gasteiger partial charge in [-0.3, -0.25) is 10.1 Å². The molecule has 0 spiro atoms. The van der Waals surface area contributed by atoms with Crippen molar-refractivity contribution in [1.29, 1.82) is 0 Å². The number of halogens is 1. The molecule has 1 heterocycles. The molecule has 0 aromatic heterocycles. The third kappa shape index (κ3) is 3.66. The molecule has 1 N–H and O–H groups in total. The zero-order chi connectivity index (χ0) is 14.5. The van der Waals surface area contributed by atoms with Gasteiger partial charge in [0.25, 0.3) is 5.69 Å². The molecule has 1 aromatic carbocycles. The number of hydrogen-bond donors (Lipinski definition) is 1. The Balaban J connectivity index is 1.99. The predicted molar refractivity (Wildman–Crippen MR) is 76.4 cm³/mol. The number of nitrogens with one attached hydrogen (secondary N) is 1. The Morgan fingerprint density at radius 1 is 1.45 bits per heavy atom. The number of piperidine rings is 1. The lowest BCUT2D eigenvalue weighted by molar-refractivity contribution is -0.384. The number of rotatable bonds is 5. The average Bonchev–Trinajstić information content (AvgIpc) is 2.43. The minimum absolute atomic E-state index is 0.194. The Morgan fingerprint density at radius 3 is 2.75 bits per heavy atom. The van der Waals surface area contributed by atoms with Crippen LogP contribution >= 0.6 is 0 Å². The summed E-state index contributed by atoms with van der Waals surface area (Å²) in [6.07, 6.45) is 3.05. The molecule has 5 nitrogen and oxygen atoms in total. The molecule has 20 heavy (non-hydrogen) atoms. The van der Waals surface area contributed by atoms with E-state index in [2.05, 4.69) is 17.1 Å². The number of anilines is 1. The molecule has 0 radical (unpaired) electrons. The number of likely N-dealkylation sites (tertiary alicyclic amines) is 1. The van der Waals surface area contributed by atoms with Gasteiger partial charge in [0.1, 0.15) is 11.5 Å². The van der Waals surface area contributed by atoms with E-state index in [1.54, 1.807) is 0 Å². The van der Waals surface area contributed by atoms with Crippen LogP contribution in [0.3, 0.4) is 0 Å². The summed E-state index contributed by atoms with van der Waals surface area (Å²) in [4.78, 5) is 12.8. The molecule has 0 unspecified atom stereocenters. The van der Waals surface area contributed by atoms with Crippen LogP contribution in [-0.2, 0) is 0 Å². The summed E-state index contributed by atoms with van der Waals surface area (Å²) >= 11 is 0. The van der Waals surface area contributed by atoms with Gasteiger partial charge in [0.15, 0.2) is 0 Å². The molecule has 1 fully saturated rings. The molecular formula is C14H20FN3O2. The van der Waals surface area contributed by atoms with Crippen LogP contribution in [0.4, 0.5) is 15.8 Å². The number of benzene rings is 1. The molecule has 1 aromatic rings. The van der Waals surface area contributed by atoms with Crippen molar-refractivity contribution in [2.45, 2.75) is 32.2 Å². The van der Waals surface area contributed by atoms with Gasteiger partial charge in [-0.15, -0.1) is 0 Å². The van der Waals surface area contributed by atoms with Crippen molar-refractivity contribution in [3.8, 4) is 0 Å². The molecule has 6 heteroatoms. The minimum atomic E-state index is -0.583. The molecular weight excluding hydrogens is 261 g/mol. The van der Waals surface area contributed by atoms with Gasteiger partial charge in [-0.05, 0) is 37.9 Å². The zero-order valence-electron chi connectivity index (χ0n) is 11.6. The number of nitro groups is 1. The van der Waals surface area contributed by atoms with Gasteiger partial charge in [-0.25, -0.2) is 4.39 Å². The normalized spacial score (nSPS) is 17.1.